The third-order valence-electron chi connectivity index (χ3n) is 2.96. The molecule has 3 heteroatoms. The van der Waals surface area contributed by atoms with Crippen molar-refractivity contribution in [3.63, 3.8) is 0 Å². The van der Waals surface area contributed by atoms with E-state index in [9.17, 15) is 0 Å². The maximum atomic E-state index is 5.70. The van der Waals surface area contributed by atoms with Crippen LogP contribution < -0.4 is 10.1 Å². The minimum absolute atomic E-state index is 0.555. The first-order chi connectivity index (χ1) is 9.29. The summed E-state index contributed by atoms with van der Waals surface area (Å²) in [6, 6.07) is 14.1. The molecule has 0 spiro atoms. The Balaban J connectivity index is 1.96. The number of ether oxygens (including phenoxy) is 1. The van der Waals surface area contributed by atoms with Crippen LogP contribution >= 0.6 is 0 Å². The Kier molecular flexibility index (Phi) is 4.93. The van der Waals surface area contributed by atoms with Gasteiger partial charge in [0.05, 0.1) is 0 Å². The number of rotatable bonds is 6. The highest BCUT2D eigenvalue weighted by molar-refractivity contribution is 5.25. The van der Waals surface area contributed by atoms with Crippen molar-refractivity contribution in [3.8, 4) is 5.88 Å². The monoisotopic (exact) mass is 256 g/mol. The van der Waals surface area contributed by atoms with Crippen LogP contribution in [0.25, 0.3) is 0 Å². The Morgan fingerprint density at radius 2 is 1.89 bits per heavy atom. The third kappa shape index (κ3) is 4.07. The van der Waals surface area contributed by atoms with Crippen molar-refractivity contribution < 1.29 is 4.74 Å². The maximum Gasteiger partial charge on any atom is 0.213 e. The molecule has 0 bridgehead atoms. The summed E-state index contributed by atoms with van der Waals surface area (Å²) < 4.78 is 5.70. The van der Waals surface area contributed by atoms with Crippen molar-refractivity contribution in [2.75, 3.05) is 6.54 Å². The maximum absolute atomic E-state index is 5.70. The van der Waals surface area contributed by atoms with Gasteiger partial charge in [-0.1, -0.05) is 43.3 Å². The molecule has 2 aromatic rings. The van der Waals surface area contributed by atoms with E-state index in [1.807, 2.05) is 43.3 Å². The number of nitrogens with zero attached hydrogens (tertiary/aromatic N) is 1. The van der Waals surface area contributed by atoms with Gasteiger partial charge in [0.1, 0.15) is 6.61 Å². The zero-order valence-electron chi connectivity index (χ0n) is 11.5. The van der Waals surface area contributed by atoms with Gasteiger partial charge >= 0.3 is 0 Å². The second-order valence-corrected chi connectivity index (χ2v) is 4.45. The molecule has 1 N–H and O–H groups in total. The summed E-state index contributed by atoms with van der Waals surface area (Å²) in [4.78, 5) is 4.48. The standard InChI is InChI=1S/C16H20N2O/c1-3-17-11-15-9-10-16(18-13(15)2)19-12-14-7-5-4-6-8-14/h4-10,17H,3,11-12H2,1-2H3. The molecule has 3 nitrogen and oxygen atoms in total. The predicted octanol–water partition coefficient (Wildman–Crippen LogP) is 3.08. The molecule has 0 amide bonds. The molecule has 0 atom stereocenters. The lowest BCUT2D eigenvalue weighted by Crippen LogP contribution is -2.13. The highest BCUT2D eigenvalue weighted by Gasteiger charge is 2.02. The quantitative estimate of drug-likeness (QED) is 0.862. The Hall–Kier alpha value is -1.87. The molecular formula is C16H20N2O. The van der Waals surface area contributed by atoms with Gasteiger partial charge in [-0.05, 0) is 24.6 Å². The van der Waals surface area contributed by atoms with Gasteiger partial charge in [0, 0.05) is 18.3 Å². The smallest absolute Gasteiger partial charge is 0.213 e. The van der Waals surface area contributed by atoms with Gasteiger partial charge in [-0.25, -0.2) is 4.98 Å². The molecule has 0 saturated heterocycles. The predicted molar refractivity (Wildman–Crippen MR) is 77.1 cm³/mol. The fourth-order valence-corrected chi connectivity index (χ4v) is 1.83. The summed E-state index contributed by atoms with van der Waals surface area (Å²) >= 11 is 0. The van der Waals surface area contributed by atoms with Crippen molar-refractivity contribution in [2.45, 2.75) is 27.0 Å². The summed E-state index contributed by atoms with van der Waals surface area (Å²) in [5.74, 6) is 0.682. The number of pyridine rings is 1. The highest BCUT2D eigenvalue weighted by atomic mass is 16.5. The van der Waals surface area contributed by atoms with Gasteiger partial charge in [0.25, 0.3) is 0 Å². The van der Waals surface area contributed by atoms with Crippen LogP contribution in [-0.2, 0) is 13.2 Å². The zero-order valence-corrected chi connectivity index (χ0v) is 11.5. The largest absolute Gasteiger partial charge is 0.473 e. The lowest BCUT2D eigenvalue weighted by Gasteiger charge is -2.09. The van der Waals surface area contributed by atoms with Crippen molar-refractivity contribution in [1.29, 1.82) is 0 Å². The lowest BCUT2D eigenvalue weighted by molar-refractivity contribution is 0.293. The Labute approximate surface area is 114 Å². The molecule has 100 valence electrons. The Morgan fingerprint density at radius 1 is 1.11 bits per heavy atom. The minimum Gasteiger partial charge on any atom is -0.473 e. The molecule has 1 aromatic heterocycles. The van der Waals surface area contributed by atoms with Crippen LogP contribution in [0.3, 0.4) is 0 Å². The van der Waals surface area contributed by atoms with Gasteiger partial charge < -0.3 is 10.1 Å². The second-order valence-electron chi connectivity index (χ2n) is 4.45. The number of aryl methyl sites for hydroxylation is 1. The van der Waals surface area contributed by atoms with Gasteiger partial charge in [-0.15, -0.1) is 0 Å². The number of hydrogen-bond donors (Lipinski definition) is 1. The second kappa shape index (κ2) is 6.90. The van der Waals surface area contributed by atoms with E-state index < -0.39 is 0 Å². The van der Waals surface area contributed by atoms with Gasteiger partial charge in [0.2, 0.25) is 5.88 Å². The minimum atomic E-state index is 0.555. The van der Waals surface area contributed by atoms with Crippen LogP contribution in [0, 0.1) is 6.92 Å². The van der Waals surface area contributed by atoms with Crippen LogP contribution in [0.4, 0.5) is 0 Å². The molecule has 0 fully saturated rings. The average Bonchev–Trinajstić information content (AvgIpc) is 2.45. The molecule has 0 aliphatic rings. The summed E-state index contributed by atoms with van der Waals surface area (Å²) in [6.07, 6.45) is 0. The van der Waals surface area contributed by atoms with E-state index >= 15 is 0 Å². The third-order valence-corrected chi connectivity index (χ3v) is 2.96. The summed E-state index contributed by atoms with van der Waals surface area (Å²) in [6.45, 7) is 6.49. The number of benzene rings is 1. The van der Waals surface area contributed by atoms with Crippen LogP contribution in [0.5, 0.6) is 5.88 Å². The summed E-state index contributed by atoms with van der Waals surface area (Å²) in [7, 11) is 0. The van der Waals surface area contributed by atoms with Crippen LogP contribution in [0.2, 0.25) is 0 Å². The lowest BCUT2D eigenvalue weighted by atomic mass is 10.2. The van der Waals surface area contributed by atoms with Gasteiger partial charge in [-0.3, -0.25) is 0 Å². The molecule has 1 aromatic carbocycles. The number of aromatic nitrogens is 1. The molecule has 2 rings (SSSR count). The molecule has 19 heavy (non-hydrogen) atoms. The molecule has 1 heterocycles. The van der Waals surface area contributed by atoms with Gasteiger partial charge in [-0.2, -0.15) is 0 Å². The fraction of sp³-hybridized carbons (Fsp3) is 0.312. The topological polar surface area (TPSA) is 34.1 Å². The van der Waals surface area contributed by atoms with E-state index in [0.717, 1.165) is 24.3 Å². The Bertz CT molecular complexity index is 511. The molecule has 0 unspecified atom stereocenters. The first-order valence-corrected chi connectivity index (χ1v) is 6.63. The van der Waals surface area contributed by atoms with Crippen molar-refractivity contribution in [2.24, 2.45) is 0 Å². The van der Waals surface area contributed by atoms with Crippen molar-refractivity contribution in [3.05, 3.63) is 59.3 Å². The zero-order chi connectivity index (χ0) is 13.5. The molecule has 0 saturated carbocycles. The number of nitrogens with one attached hydrogen (secondary N) is 1. The molecule has 0 aliphatic carbocycles. The molecule has 0 aliphatic heterocycles. The highest BCUT2D eigenvalue weighted by Crippen LogP contribution is 2.14. The summed E-state index contributed by atoms with van der Waals surface area (Å²) in [5, 5.41) is 3.30. The fourth-order valence-electron chi connectivity index (χ4n) is 1.83. The summed E-state index contributed by atoms with van der Waals surface area (Å²) in [5.41, 5.74) is 3.39. The Morgan fingerprint density at radius 3 is 2.58 bits per heavy atom. The molecule has 0 radical (unpaired) electrons. The molecular weight excluding hydrogens is 236 g/mol. The van der Waals surface area contributed by atoms with E-state index in [0.29, 0.717) is 12.5 Å². The number of hydrogen-bond acceptors (Lipinski definition) is 3. The van der Waals surface area contributed by atoms with E-state index in [2.05, 4.69) is 23.3 Å². The van der Waals surface area contributed by atoms with Crippen molar-refractivity contribution >= 4 is 0 Å². The normalized spacial score (nSPS) is 10.4. The van der Waals surface area contributed by atoms with E-state index in [-0.39, 0.29) is 0 Å². The van der Waals surface area contributed by atoms with Crippen LogP contribution in [-0.4, -0.2) is 11.5 Å². The average molecular weight is 256 g/mol. The van der Waals surface area contributed by atoms with E-state index in [1.165, 1.54) is 5.56 Å². The first-order valence-electron chi connectivity index (χ1n) is 6.63. The van der Waals surface area contributed by atoms with E-state index in [1.54, 1.807) is 0 Å². The van der Waals surface area contributed by atoms with Crippen molar-refractivity contribution in [1.82, 2.24) is 10.3 Å². The SMILES string of the molecule is CCNCc1ccc(OCc2ccccc2)nc1C. The van der Waals surface area contributed by atoms with E-state index in [4.69, 9.17) is 4.74 Å². The van der Waals surface area contributed by atoms with Gasteiger partial charge in [0.15, 0.2) is 0 Å². The van der Waals surface area contributed by atoms with Crippen LogP contribution in [0.1, 0.15) is 23.7 Å². The first kappa shape index (κ1) is 13.6. The van der Waals surface area contributed by atoms with Crippen LogP contribution in [0.15, 0.2) is 42.5 Å².